The molecule has 8 rings (SSSR count). The lowest BCUT2D eigenvalue weighted by Gasteiger charge is -2.45. The van der Waals surface area contributed by atoms with Crippen molar-refractivity contribution in [3.8, 4) is 5.69 Å². The first kappa shape index (κ1) is 22.4. The summed E-state index contributed by atoms with van der Waals surface area (Å²) in [4.78, 5) is 27.6. The van der Waals surface area contributed by atoms with Gasteiger partial charge in [0.05, 0.1) is 18.1 Å². The lowest BCUT2D eigenvalue weighted by atomic mass is 9.55. The quantitative estimate of drug-likeness (QED) is 0.229. The maximum absolute atomic E-state index is 13.8. The summed E-state index contributed by atoms with van der Waals surface area (Å²) in [6.07, 6.45) is 1.66. The van der Waals surface area contributed by atoms with Gasteiger partial charge in [-0.15, -0.1) is 0 Å². The molecule has 2 heterocycles. The molecule has 2 amide bonds. The zero-order chi connectivity index (χ0) is 25.4. The number of amides is 2. The predicted octanol–water partition coefficient (Wildman–Crippen LogP) is 6.08. The summed E-state index contributed by atoms with van der Waals surface area (Å²) in [5, 5.41) is 5.65. The van der Waals surface area contributed by atoms with Crippen LogP contribution in [0.1, 0.15) is 51.0 Å². The van der Waals surface area contributed by atoms with Crippen molar-refractivity contribution in [1.82, 2.24) is 9.58 Å². The molecule has 0 radical (unpaired) electrons. The molecule has 2 bridgehead atoms. The summed E-state index contributed by atoms with van der Waals surface area (Å²) in [6, 6.07) is 26.7. The van der Waals surface area contributed by atoms with Crippen molar-refractivity contribution in [2.75, 3.05) is 0 Å². The van der Waals surface area contributed by atoms with E-state index in [2.05, 4.69) is 62.0 Å². The number of hydrogen-bond donors (Lipinski definition) is 0. The molecule has 3 aromatic carbocycles. The average molecular weight is 550 g/mol. The minimum absolute atomic E-state index is 0.124. The minimum atomic E-state index is -0.423. The number of imide groups is 1. The Bertz CT molecular complexity index is 1540. The molecule has 0 spiro atoms. The number of aryl methyl sites for hydroxylation is 1. The number of rotatable bonds is 3. The molecule has 1 fully saturated rings. The molecule has 0 N–H and O–H groups in total. The third-order valence-corrected chi connectivity index (χ3v) is 8.77. The van der Waals surface area contributed by atoms with Crippen LogP contribution in [0.25, 0.3) is 5.69 Å². The van der Waals surface area contributed by atoms with Gasteiger partial charge in [-0.1, -0.05) is 70.5 Å². The van der Waals surface area contributed by atoms with Gasteiger partial charge in [0, 0.05) is 38.9 Å². The Balaban J connectivity index is 1.27. The van der Waals surface area contributed by atoms with Gasteiger partial charge < -0.3 is 4.57 Å². The van der Waals surface area contributed by atoms with Gasteiger partial charge >= 0.3 is 0 Å². The standard InChI is InChI=1S/C31H24BrN3O2/c1-17-14-19(18(2)34(17)21-9-7-8-20(32)15-21)16-33-35-30(36)28-26-22-10-3-4-11-23(22)27(29(28)31(35)37)25-13-6-5-12-24(25)26/h3-16,26-29H,1-2H3/b33-16-/t26?,27?,28-,29-/m0/s1. The van der Waals surface area contributed by atoms with Gasteiger partial charge in [-0.25, -0.2) is 0 Å². The fourth-order valence-electron chi connectivity index (χ4n) is 6.83. The second-order valence-corrected chi connectivity index (χ2v) is 11.1. The number of aromatic nitrogens is 1. The summed E-state index contributed by atoms with van der Waals surface area (Å²) in [7, 11) is 0. The zero-order valence-corrected chi connectivity index (χ0v) is 22.0. The lowest BCUT2D eigenvalue weighted by Crippen LogP contribution is -2.41. The van der Waals surface area contributed by atoms with Crippen LogP contribution in [-0.2, 0) is 9.59 Å². The molecule has 1 aliphatic heterocycles. The van der Waals surface area contributed by atoms with Crippen molar-refractivity contribution >= 4 is 34.0 Å². The van der Waals surface area contributed by atoms with Crippen molar-refractivity contribution in [2.24, 2.45) is 16.9 Å². The molecular weight excluding hydrogens is 526 g/mol. The Kier molecular flexibility index (Phi) is 4.92. The summed E-state index contributed by atoms with van der Waals surface area (Å²) in [5.41, 5.74) is 8.62. The normalized spacial score (nSPS) is 23.5. The summed E-state index contributed by atoms with van der Waals surface area (Å²) < 4.78 is 3.15. The van der Waals surface area contributed by atoms with Crippen LogP contribution in [-0.4, -0.2) is 27.6 Å². The van der Waals surface area contributed by atoms with E-state index >= 15 is 0 Å². The first-order valence-corrected chi connectivity index (χ1v) is 13.3. The molecule has 4 aliphatic rings. The molecule has 1 aromatic heterocycles. The second kappa shape index (κ2) is 8.12. The van der Waals surface area contributed by atoms with Crippen molar-refractivity contribution in [3.05, 3.63) is 123 Å². The fraction of sp³-hybridized carbons (Fsp3) is 0.194. The first-order chi connectivity index (χ1) is 18.0. The second-order valence-electron chi connectivity index (χ2n) is 10.1. The minimum Gasteiger partial charge on any atom is -0.318 e. The smallest absolute Gasteiger partial charge is 0.254 e. The number of halogens is 1. The van der Waals surface area contributed by atoms with E-state index < -0.39 is 11.8 Å². The molecule has 0 saturated carbocycles. The molecule has 37 heavy (non-hydrogen) atoms. The molecule has 4 aromatic rings. The number of carbonyl (C=O) groups excluding carboxylic acids is 2. The van der Waals surface area contributed by atoms with Crippen LogP contribution in [0.4, 0.5) is 0 Å². The maximum Gasteiger partial charge on any atom is 0.254 e. The van der Waals surface area contributed by atoms with E-state index in [4.69, 9.17) is 0 Å². The summed E-state index contributed by atoms with van der Waals surface area (Å²) >= 11 is 3.55. The van der Waals surface area contributed by atoms with E-state index in [1.165, 1.54) is 0 Å². The van der Waals surface area contributed by atoms with Crippen LogP contribution in [0.3, 0.4) is 0 Å². The van der Waals surface area contributed by atoms with Gasteiger partial charge in [0.25, 0.3) is 11.8 Å². The Morgan fingerprint density at radius 3 is 1.81 bits per heavy atom. The van der Waals surface area contributed by atoms with Crippen LogP contribution in [0.5, 0.6) is 0 Å². The largest absolute Gasteiger partial charge is 0.318 e. The van der Waals surface area contributed by atoms with E-state index in [0.29, 0.717) is 0 Å². The van der Waals surface area contributed by atoms with E-state index in [1.54, 1.807) is 6.21 Å². The number of hydrazone groups is 1. The number of benzene rings is 3. The fourth-order valence-corrected chi connectivity index (χ4v) is 7.21. The highest BCUT2D eigenvalue weighted by molar-refractivity contribution is 9.10. The van der Waals surface area contributed by atoms with Crippen molar-refractivity contribution in [1.29, 1.82) is 0 Å². The molecular formula is C31H24BrN3O2. The SMILES string of the molecule is Cc1cc(/C=N\N2C(=O)[C@H]3C4c5ccccc5C(c5ccccc54)[C@@H]3C2=O)c(C)n1-c1cccc(Br)c1. The molecule has 3 aliphatic carbocycles. The number of hydrogen-bond acceptors (Lipinski definition) is 3. The maximum atomic E-state index is 13.8. The topological polar surface area (TPSA) is 54.7 Å². The van der Waals surface area contributed by atoms with Crippen LogP contribution in [0.15, 0.2) is 88.4 Å². The Morgan fingerprint density at radius 1 is 0.757 bits per heavy atom. The van der Waals surface area contributed by atoms with Crippen LogP contribution < -0.4 is 0 Å². The molecule has 182 valence electrons. The van der Waals surface area contributed by atoms with Gasteiger partial charge in [0.15, 0.2) is 0 Å². The van der Waals surface area contributed by atoms with E-state index in [0.717, 1.165) is 54.4 Å². The first-order valence-electron chi connectivity index (χ1n) is 12.5. The Hall–Kier alpha value is -3.77. The highest BCUT2D eigenvalue weighted by Gasteiger charge is 2.61. The summed E-state index contributed by atoms with van der Waals surface area (Å²) in [5.74, 6) is -1.50. The van der Waals surface area contributed by atoms with E-state index in [-0.39, 0.29) is 23.7 Å². The average Bonchev–Trinajstić information content (AvgIpc) is 3.34. The molecule has 1 saturated heterocycles. The van der Waals surface area contributed by atoms with E-state index in [1.807, 2.05) is 56.3 Å². The Morgan fingerprint density at radius 2 is 1.30 bits per heavy atom. The van der Waals surface area contributed by atoms with Gasteiger partial charge in [0.1, 0.15) is 0 Å². The highest BCUT2D eigenvalue weighted by Crippen LogP contribution is 2.60. The van der Waals surface area contributed by atoms with Crippen molar-refractivity contribution in [2.45, 2.75) is 25.7 Å². The van der Waals surface area contributed by atoms with Crippen LogP contribution in [0, 0.1) is 25.7 Å². The summed E-state index contributed by atoms with van der Waals surface area (Å²) in [6.45, 7) is 4.06. The highest BCUT2D eigenvalue weighted by atomic mass is 79.9. The molecule has 2 atom stereocenters. The van der Waals surface area contributed by atoms with Crippen LogP contribution >= 0.6 is 15.9 Å². The van der Waals surface area contributed by atoms with E-state index in [9.17, 15) is 9.59 Å². The molecule has 6 heteroatoms. The third kappa shape index (κ3) is 3.12. The van der Waals surface area contributed by atoms with Crippen molar-refractivity contribution < 1.29 is 9.59 Å². The van der Waals surface area contributed by atoms with Gasteiger partial charge in [-0.2, -0.15) is 10.1 Å². The predicted molar refractivity (Wildman–Crippen MR) is 146 cm³/mol. The third-order valence-electron chi connectivity index (χ3n) is 8.27. The number of nitrogens with zero attached hydrogens (tertiary/aromatic N) is 3. The van der Waals surface area contributed by atoms with Gasteiger partial charge in [-0.3, -0.25) is 9.59 Å². The van der Waals surface area contributed by atoms with Crippen LogP contribution in [0.2, 0.25) is 0 Å². The zero-order valence-electron chi connectivity index (χ0n) is 20.4. The van der Waals surface area contributed by atoms with Gasteiger partial charge in [0.2, 0.25) is 0 Å². The molecule has 0 unspecified atom stereocenters. The Labute approximate surface area is 223 Å². The van der Waals surface area contributed by atoms with Gasteiger partial charge in [-0.05, 0) is 60.4 Å². The monoisotopic (exact) mass is 549 g/mol. The number of carbonyl (C=O) groups is 2. The molecule has 5 nitrogen and oxygen atoms in total. The lowest BCUT2D eigenvalue weighted by molar-refractivity contribution is -0.139. The van der Waals surface area contributed by atoms with Crippen molar-refractivity contribution in [3.63, 3.8) is 0 Å².